The highest BCUT2D eigenvalue weighted by Crippen LogP contribution is 2.34. The Labute approximate surface area is 110 Å². The molecule has 3 rings (SSSR count). The molecule has 1 aromatic rings. The lowest BCUT2D eigenvalue weighted by atomic mass is 9.92. The van der Waals surface area contributed by atoms with Gasteiger partial charge in [0.1, 0.15) is 17.5 Å². The molecule has 0 radical (unpaired) electrons. The molecule has 2 unspecified atom stereocenters. The summed E-state index contributed by atoms with van der Waals surface area (Å²) in [7, 11) is 0. The molecular weight excluding hydrogens is 242 g/mol. The third kappa shape index (κ3) is 1.69. The maximum Gasteiger partial charge on any atom is 0.221 e. The summed E-state index contributed by atoms with van der Waals surface area (Å²) < 4.78 is 5.66. The van der Waals surface area contributed by atoms with Crippen molar-refractivity contribution in [1.82, 2.24) is 0 Å². The lowest BCUT2D eigenvalue weighted by Crippen LogP contribution is -2.37. The first-order valence-electron chi connectivity index (χ1n) is 5.86. The van der Waals surface area contributed by atoms with Crippen molar-refractivity contribution in [3.63, 3.8) is 0 Å². The maximum atomic E-state index is 12.4. The summed E-state index contributed by atoms with van der Waals surface area (Å²) in [5.74, 6) is -0.124. The van der Waals surface area contributed by atoms with E-state index in [1.807, 2.05) is 19.1 Å². The normalized spacial score (nSPS) is 24.3. The fourth-order valence-electron chi connectivity index (χ4n) is 2.21. The Morgan fingerprint density at radius 1 is 1.47 bits per heavy atom. The molecule has 0 bridgehead atoms. The van der Waals surface area contributed by atoms with Crippen LogP contribution in [0.15, 0.2) is 34.8 Å². The third-order valence-corrected chi connectivity index (χ3v) is 3.22. The molecule has 2 aliphatic rings. The molecule has 0 spiro atoms. The van der Waals surface area contributed by atoms with Crippen LogP contribution in [0.4, 0.5) is 0 Å². The summed E-state index contributed by atoms with van der Waals surface area (Å²) in [5.41, 5.74) is 7.55. The number of hydrogen-bond donors (Lipinski definition) is 1. The van der Waals surface area contributed by atoms with Crippen molar-refractivity contribution in [3.8, 4) is 11.8 Å². The monoisotopic (exact) mass is 253 g/mol. The fourth-order valence-corrected chi connectivity index (χ4v) is 2.21. The third-order valence-electron chi connectivity index (χ3n) is 3.22. The van der Waals surface area contributed by atoms with Crippen LogP contribution in [0.5, 0.6) is 5.75 Å². The van der Waals surface area contributed by atoms with Gasteiger partial charge in [-0.3, -0.25) is 4.79 Å². The number of nitriles is 1. The number of dihydropyridines is 1. The molecule has 2 aliphatic heterocycles. The van der Waals surface area contributed by atoms with Crippen LogP contribution in [0, 0.1) is 24.2 Å². The number of benzene rings is 1. The summed E-state index contributed by atoms with van der Waals surface area (Å²) in [6, 6.07) is 7.40. The van der Waals surface area contributed by atoms with Gasteiger partial charge in [-0.05, 0) is 25.1 Å². The van der Waals surface area contributed by atoms with Crippen molar-refractivity contribution < 1.29 is 9.53 Å². The van der Waals surface area contributed by atoms with Crippen LogP contribution in [-0.2, 0) is 0 Å². The Hall–Kier alpha value is -2.61. The van der Waals surface area contributed by atoms with Crippen LogP contribution < -0.4 is 10.5 Å². The Bertz CT molecular complexity index is 682. The van der Waals surface area contributed by atoms with E-state index >= 15 is 0 Å². The molecule has 19 heavy (non-hydrogen) atoms. The van der Waals surface area contributed by atoms with Gasteiger partial charge in [0, 0.05) is 0 Å². The van der Waals surface area contributed by atoms with E-state index in [1.54, 1.807) is 18.2 Å². The molecule has 0 saturated heterocycles. The van der Waals surface area contributed by atoms with Crippen molar-refractivity contribution in [1.29, 1.82) is 5.26 Å². The summed E-state index contributed by atoms with van der Waals surface area (Å²) >= 11 is 0. The standard InChI is InChI=1S/C14H11N3O2/c1-7-2-3-11-9(4-7)12(18)10-5-8(6-15)13(16)17-14(10)19-11/h2-5,8,14H,1H3,(H2,16,17). The van der Waals surface area contributed by atoms with E-state index in [2.05, 4.69) is 4.99 Å². The number of Topliss-reactive ketones (excluding diaryl/α,β-unsaturated/α-hetero) is 1. The highest BCUT2D eigenvalue weighted by Gasteiger charge is 2.35. The molecule has 0 saturated carbocycles. The Balaban J connectivity index is 2.12. The van der Waals surface area contributed by atoms with Gasteiger partial charge in [-0.1, -0.05) is 11.6 Å². The molecule has 94 valence electrons. The zero-order valence-corrected chi connectivity index (χ0v) is 10.3. The number of ether oxygens (including phenoxy) is 1. The molecule has 5 nitrogen and oxygen atoms in total. The molecule has 2 N–H and O–H groups in total. The molecule has 0 aliphatic carbocycles. The lowest BCUT2D eigenvalue weighted by molar-refractivity contribution is 0.0963. The average molecular weight is 253 g/mol. The van der Waals surface area contributed by atoms with Gasteiger partial charge in [0.2, 0.25) is 6.23 Å². The van der Waals surface area contributed by atoms with Crippen molar-refractivity contribution in [3.05, 3.63) is 41.0 Å². The van der Waals surface area contributed by atoms with Crippen LogP contribution >= 0.6 is 0 Å². The first-order valence-corrected chi connectivity index (χ1v) is 5.86. The predicted octanol–water partition coefficient (Wildman–Crippen LogP) is 1.33. The Morgan fingerprint density at radius 2 is 2.26 bits per heavy atom. The molecule has 2 atom stereocenters. The molecule has 2 heterocycles. The molecule has 0 fully saturated rings. The van der Waals surface area contributed by atoms with Gasteiger partial charge < -0.3 is 10.5 Å². The number of carbonyl (C=O) groups excluding carboxylic acids is 1. The van der Waals surface area contributed by atoms with Crippen molar-refractivity contribution in [2.24, 2.45) is 16.6 Å². The van der Waals surface area contributed by atoms with Crippen LogP contribution in [-0.4, -0.2) is 17.8 Å². The van der Waals surface area contributed by atoms with E-state index in [-0.39, 0.29) is 11.6 Å². The van der Waals surface area contributed by atoms with Crippen molar-refractivity contribution in [2.45, 2.75) is 13.2 Å². The van der Waals surface area contributed by atoms with Crippen molar-refractivity contribution in [2.75, 3.05) is 0 Å². The first kappa shape index (κ1) is 11.5. The SMILES string of the molecule is Cc1ccc2c(c1)C(=O)C1=CC(C#N)C(N)=NC1O2. The second-order valence-electron chi connectivity index (χ2n) is 4.58. The number of carbonyl (C=O) groups is 1. The Kier molecular flexibility index (Phi) is 2.39. The van der Waals surface area contributed by atoms with Gasteiger partial charge in [0.05, 0.1) is 17.2 Å². The summed E-state index contributed by atoms with van der Waals surface area (Å²) in [5, 5.41) is 8.97. The zero-order chi connectivity index (χ0) is 13.6. The summed E-state index contributed by atoms with van der Waals surface area (Å²) in [4.78, 5) is 16.5. The number of aryl methyl sites for hydroxylation is 1. The highest BCUT2D eigenvalue weighted by atomic mass is 16.5. The van der Waals surface area contributed by atoms with Gasteiger partial charge in [-0.15, -0.1) is 0 Å². The average Bonchev–Trinajstić information content (AvgIpc) is 2.39. The van der Waals surface area contributed by atoms with E-state index in [4.69, 9.17) is 15.7 Å². The van der Waals surface area contributed by atoms with E-state index in [0.29, 0.717) is 16.9 Å². The molecule has 0 amide bonds. The Morgan fingerprint density at radius 3 is 3.00 bits per heavy atom. The number of nitrogens with two attached hydrogens (primary N) is 1. The molecule has 0 aromatic heterocycles. The minimum Gasteiger partial charge on any atom is -0.464 e. The first-order chi connectivity index (χ1) is 9.10. The quantitative estimate of drug-likeness (QED) is 0.755. The number of nitrogens with zero attached hydrogens (tertiary/aromatic N) is 2. The molecule has 5 heteroatoms. The van der Waals surface area contributed by atoms with Gasteiger partial charge in [-0.2, -0.15) is 5.26 Å². The molecular formula is C14H11N3O2. The number of aliphatic imine (C=N–C) groups is 1. The number of ketones is 1. The van der Waals surface area contributed by atoms with Crippen LogP contribution in [0.25, 0.3) is 0 Å². The van der Waals surface area contributed by atoms with Gasteiger partial charge in [0.15, 0.2) is 5.78 Å². The smallest absolute Gasteiger partial charge is 0.221 e. The van der Waals surface area contributed by atoms with E-state index < -0.39 is 12.1 Å². The minimum atomic E-state index is -0.729. The summed E-state index contributed by atoms with van der Waals surface area (Å²) in [6.45, 7) is 1.91. The number of hydrogen-bond acceptors (Lipinski definition) is 5. The van der Waals surface area contributed by atoms with Gasteiger partial charge >= 0.3 is 0 Å². The second-order valence-corrected chi connectivity index (χ2v) is 4.58. The fraction of sp³-hybridized carbons (Fsp3) is 0.214. The van der Waals surface area contributed by atoms with E-state index in [9.17, 15) is 4.79 Å². The van der Waals surface area contributed by atoms with Crippen LogP contribution in [0.1, 0.15) is 15.9 Å². The minimum absolute atomic E-state index is 0.147. The van der Waals surface area contributed by atoms with Crippen LogP contribution in [0.3, 0.4) is 0 Å². The van der Waals surface area contributed by atoms with Gasteiger partial charge in [-0.25, -0.2) is 4.99 Å². The summed E-state index contributed by atoms with van der Waals surface area (Å²) in [6.07, 6.45) is 0.813. The van der Waals surface area contributed by atoms with Crippen molar-refractivity contribution >= 4 is 11.6 Å². The zero-order valence-electron chi connectivity index (χ0n) is 10.3. The number of fused-ring (bicyclic) bond motifs is 2. The number of amidine groups is 1. The topological polar surface area (TPSA) is 88.5 Å². The highest BCUT2D eigenvalue weighted by molar-refractivity contribution is 6.13. The maximum absolute atomic E-state index is 12.4. The van der Waals surface area contributed by atoms with Gasteiger partial charge in [0.25, 0.3) is 0 Å². The predicted molar refractivity (Wildman–Crippen MR) is 68.7 cm³/mol. The largest absolute Gasteiger partial charge is 0.464 e. The molecule has 1 aromatic carbocycles. The lowest BCUT2D eigenvalue weighted by Gasteiger charge is -2.28. The van der Waals surface area contributed by atoms with E-state index in [1.165, 1.54) is 0 Å². The number of rotatable bonds is 0. The van der Waals surface area contributed by atoms with E-state index in [0.717, 1.165) is 5.56 Å². The van der Waals surface area contributed by atoms with Crippen LogP contribution in [0.2, 0.25) is 0 Å². The second kappa shape index (κ2) is 3.95.